The summed E-state index contributed by atoms with van der Waals surface area (Å²) >= 11 is 5.81. The monoisotopic (exact) mass is 379 g/mol. The van der Waals surface area contributed by atoms with E-state index in [2.05, 4.69) is 5.32 Å². The number of ether oxygens (including phenoxy) is 3. The molecular formula is C18H15ClFNO5. The van der Waals surface area contributed by atoms with E-state index < -0.39 is 29.4 Å². The molecule has 136 valence electrons. The molecule has 0 spiro atoms. The topological polar surface area (TPSA) is 73.9 Å². The zero-order valence-corrected chi connectivity index (χ0v) is 14.5. The van der Waals surface area contributed by atoms with Gasteiger partial charge in [-0.3, -0.25) is 4.79 Å². The molecule has 0 saturated carbocycles. The Morgan fingerprint density at radius 3 is 2.81 bits per heavy atom. The average Bonchev–Trinajstić information content (AvgIpc) is 3.07. The van der Waals surface area contributed by atoms with Gasteiger partial charge >= 0.3 is 5.97 Å². The van der Waals surface area contributed by atoms with Crippen LogP contribution in [0.3, 0.4) is 0 Å². The minimum atomic E-state index is -1.12. The number of halogens is 2. The van der Waals surface area contributed by atoms with Crippen LogP contribution in [0.1, 0.15) is 22.8 Å². The van der Waals surface area contributed by atoms with E-state index in [1.165, 1.54) is 19.1 Å². The number of rotatable bonds is 5. The summed E-state index contributed by atoms with van der Waals surface area (Å²) in [6.07, 6.45) is -1.12. The fourth-order valence-electron chi connectivity index (χ4n) is 2.35. The van der Waals surface area contributed by atoms with Gasteiger partial charge in [-0.15, -0.1) is 0 Å². The highest BCUT2D eigenvalue weighted by molar-refractivity contribution is 6.33. The largest absolute Gasteiger partial charge is 0.454 e. The molecule has 0 unspecified atom stereocenters. The third-order valence-electron chi connectivity index (χ3n) is 3.72. The molecule has 2 aromatic rings. The molecule has 1 aliphatic heterocycles. The Morgan fingerprint density at radius 1 is 1.27 bits per heavy atom. The van der Waals surface area contributed by atoms with Crippen LogP contribution in [0.25, 0.3) is 0 Å². The number of benzene rings is 2. The summed E-state index contributed by atoms with van der Waals surface area (Å²) in [7, 11) is 0. The Bertz CT molecular complexity index is 837. The van der Waals surface area contributed by atoms with Crippen LogP contribution in [0, 0.1) is 5.82 Å². The lowest BCUT2D eigenvalue weighted by atomic mass is 10.2. The average molecular weight is 380 g/mol. The summed E-state index contributed by atoms with van der Waals surface area (Å²) in [6, 6.07) is 9.10. The summed E-state index contributed by atoms with van der Waals surface area (Å²) in [5, 5.41) is 2.56. The van der Waals surface area contributed by atoms with Gasteiger partial charge in [-0.1, -0.05) is 23.7 Å². The highest BCUT2D eigenvalue weighted by atomic mass is 35.5. The number of hydrogen-bond acceptors (Lipinski definition) is 5. The fourth-order valence-corrected chi connectivity index (χ4v) is 2.59. The quantitative estimate of drug-likeness (QED) is 0.808. The standard InChI is InChI=1S/C18H15ClFNO5/c1-10(26-18(23)16-12(19)3-2-4-13(16)20)17(22)21-8-11-5-6-14-15(7-11)25-9-24-14/h2-7,10H,8-9H2,1H3,(H,21,22)/t10-/m1/s1. The number of amides is 1. The molecule has 1 amide bonds. The molecular weight excluding hydrogens is 365 g/mol. The van der Waals surface area contributed by atoms with E-state index in [4.69, 9.17) is 25.8 Å². The maximum Gasteiger partial charge on any atom is 0.343 e. The van der Waals surface area contributed by atoms with Crippen molar-refractivity contribution >= 4 is 23.5 Å². The van der Waals surface area contributed by atoms with Gasteiger partial charge in [0.25, 0.3) is 5.91 Å². The summed E-state index contributed by atoms with van der Waals surface area (Å²) in [6.45, 7) is 1.76. The van der Waals surface area contributed by atoms with Crippen molar-refractivity contribution in [2.75, 3.05) is 6.79 Å². The molecule has 2 aromatic carbocycles. The van der Waals surface area contributed by atoms with Crippen LogP contribution >= 0.6 is 11.6 Å². The molecule has 1 N–H and O–H groups in total. The van der Waals surface area contributed by atoms with Gasteiger partial charge in [-0.25, -0.2) is 9.18 Å². The predicted molar refractivity (Wildman–Crippen MR) is 90.7 cm³/mol. The van der Waals surface area contributed by atoms with Gasteiger partial charge < -0.3 is 19.5 Å². The van der Waals surface area contributed by atoms with E-state index >= 15 is 0 Å². The predicted octanol–water partition coefficient (Wildman–Crippen LogP) is 3.07. The first-order chi connectivity index (χ1) is 12.5. The van der Waals surface area contributed by atoms with Crippen molar-refractivity contribution in [3.05, 3.63) is 58.4 Å². The normalized spacial score (nSPS) is 13.2. The second-order valence-corrected chi connectivity index (χ2v) is 5.96. The van der Waals surface area contributed by atoms with E-state index in [1.807, 2.05) is 0 Å². The Labute approximate surface area is 153 Å². The van der Waals surface area contributed by atoms with Crippen LogP contribution < -0.4 is 14.8 Å². The number of hydrogen-bond donors (Lipinski definition) is 1. The molecule has 0 bridgehead atoms. The molecule has 0 saturated heterocycles. The van der Waals surface area contributed by atoms with Crippen molar-refractivity contribution in [3.8, 4) is 11.5 Å². The Morgan fingerprint density at radius 2 is 2.04 bits per heavy atom. The van der Waals surface area contributed by atoms with Gasteiger partial charge in [-0.2, -0.15) is 0 Å². The van der Waals surface area contributed by atoms with E-state index in [1.54, 1.807) is 18.2 Å². The van der Waals surface area contributed by atoms with Crippen molar-refractivity contribution in [2.45, 2.75) is 19.6 Å². The zero-order chi connectivity index (χ0) is 18.7. The van der Waals surface area contributed by atoms with Gasteiger partial charge in [0, 0.05) is 6.54 Å². The summed E-state index contributed by atoms with van der Waals surface area (Å²) < 4.78 is 29.2. The number of fused-ring (bicyclic) bond motifs is 1. The van der Waals surface area contributed by atoms with Gasteiger partial charge in [-0.05, 0) is 36.8 Å². The Hall–Kier alpha value is -2.80. The van der Waals surface area contributed by atoms with Gasteiger partial charge in [0.2, 0.25) is 6.79 Å². The van der Waals surface area contributed by atoms with Crippen molar-refractivity contribution in [1.29, 1.82) is 0 Å². The molecule has 1 aliphatic rings. The van der Waals surface area contributed by atoms with Gasteiger partial charge in [0.1, 0.15) is 11.4 Å². The summed E-state index contributed by atoms with van der Waals surface area (Å²) in [4.78, 5) is 24.2. The van der Waals surface area contributed by atoms with Gasteiger partial charge in [0.05, 0.1) is 5.02 Å². The maximum atomic E-state index is 13.7. The van der Waals surface area contributed by atoms with Crippen LogP contribution in [0.5, 0.6) is 11.5 Å². The second kappa shape index (κ2) is 7.61. The molecule has 0 aliphatic carbocycles. The van der Waals surface area contributed by atoms with Crippen LogP contribution in [0.4, 0.5) is 4.39 Å². The number of carbonyl (C=O) groups is 2. The van der Waals surface area contributed by atoms with Crippen molar-refractivity contribution in [3.63, 3.8) is 0 Å². The molecule has 6 nitrogen and oxygen atoms in total. The number of carbonyl (C=O) groups excluding carboxylic acids is 2. The molecule has 0 radical (unpaired) electrons. The zero-order valence-electron chi connectivity index (χ0n) is 13.8. The molecule has 26 heavy (non-hydrogen) atoms. The van der Waals surface area contributed by atoms with Crippen LogP contribution in [0.15, 0.2) is 36.4 Å². The number of esters is 1. The first-order valence-electron chi connectivity index (χ1n) is 7.77. The van der Waals surface area contributed by atoms with E-state index in [-0.39, 0.29) is 18.4 Å². The lowest BCUT2D eigenvalue weighted by molar-refractivity contribution is -0.129. The SMILES string of the molecule is C[C@@H](OC(=O)c1c(F)cccc1Cl)C(=O)NCc1ccc2c(c1)OCO2. The minimum absolute atomic E-state index is 0.0806. The Kier molecular flexibility index (Phi) is 5.27. The van der Waals surface area contributed by atoms with E-state index in [0.717, 1.165) is 11.6 Å². The third-order valence-corrected chi connectivity index (χ3v) is 4.04. The van der Waals surface area contributed by atoms with Crippen molar-refractivity contribution in [1.82, 2.24) is 5.32 Å². The third kappa shape index (κ3) is 3.88. The molecule has 1 atom stereocenters. The highest BCUT2D eigenvalue weighted by Crippen LogP contribution is 2.32. The van der Waals surface area contributed by atoms with E-state index in [0.29, 0.717) is 11.5 Å². The summed E-state index contributed by atoms with van der Waals surface area (Å²) in [5.41, 5.74) is 0.392. The molecule has 0 fully saturated rings. The first kappa shape index (κ1) is 18.0. The lowest BCUT2D eigenvalue weighted by Gasteiger charge is -2.14. The second-order valence-electron chi connectivity index (χ2n) is 5.55. The summed E-state index contributed by atoms with van der Waals surface area (Å²) in [5.74, 6) is -1.09. The smallest absolute Gasteiger partial charge is 0.343 e. The fraction of sp³-hybridized carbons (Fsp3) is 0.222. The van der Waals surface area contributed by atoms with Crippen LogP contribution in [-0.2, 0) is 16.1 Å². The van der Waals surface area contributed by atoms with Crippen molar-refractivity contribution < 1.29 is 28.2 Å². The van der Waals surface area contributed by atoms with E-state index in [9.17, 15) is 14.0 Å². The van der Waals surface area contributed by atoms with Crippen LogP contribution in [-0.4, -0.2) is 24.8 Å². The maximum absolute atomic E-state index is 13.7. The Balaban J connectivity index is 1.57. The molecule has 3 rings (SSSR count). The first-order valence-corrected chi connectivity index (χ1v) is 8.14. The van der Waals surface area contributed by atoms with Gasteiger partial charge in [0.15, 0.2) is 17.6 Å². The molecule has 0 aromatic heterocycles. The molecule has 8 heteroatoms. The van der Waals surface area contributed by atoms with Crippen LogP contribution in [0.2, 0.25) is 5.02 Å². The van der Waals surface area contributed by atoms with Crippen molar-refractivity contribution in [2.24, 2.45) is 0 Å². The minimum Gasteiger partial charge on any atom is -0.454 e. The molecule has 1 heterocycles. The highest BCUT2D eigenvalue weighted by Gasteiger charge is 2.23. The lowest BCUT2D eigenvalue weighted by Crippen LogP contribution is -2.35. The number of nitrogens with one attached hydrogen (secondary N) is 1.